The number of ether oxygens (including phenoxy) is 1. The van der Waals surface area contributed by atoms with Crippen LogP contribution in [-0.4, -0.2) is 33.0 Å². The lowest BCUT2D eigenvalue weighted by molar-refractivity contribution is 0.0683. The van der Waals surface area contributed by atoms with E-state index in [4.69, 9.17) is 9.84 Å². The second-order valence-corrected chi connectivity index (χ2v) is 4.33. The quantitative estimate of drug-likeness (QED) is 0.911. The summed E-state index contributed by atoms with van der Waals surface area (Å²) in [5.74, 6) is 0.00283. The zero-order chi connectivity index (χ0) is 14.2. The minimum Gasteiger partial charge on any atom is -0.496 e. The molecule has 0 aliphatic heterocycles. The van der Waals surface area contributed by atoms with E-state index in [0.29, 0.717) is 5.82 Å². The third-order valence-corrected chi connectivity index (χ3v) is 2.88. The molecule has 0 aliphatic rings. The molecule has 0 fully saturated rings. The molecule has 2 rings (SSSR count). The van der Waals surface area contributed by atoms with Crippen molar-refractivity contribution in [2.24, 2.45) is 7.05 Å². The van der Waals surface area contributed by atoms with Crippen molar-refractivity contribution in [2.75, 3.05) is 7.11 Å². The van der Waals surface area contributed by atoms with Crippen LogP contribution in [0.15, 0.2) is 12.1 Å². The first-order valence-corrected chi connectivity index (χ1v) is 5.74. The van der Waals surface area contributed by atoms with Gasteiger partial charge in [0, 0.05) is 12.6 Å². The molecule has 0 bridgehead atoms. The van der Waals surface area contributed by atoms with E-state index >= 15 is 0 Å². The van der Waals surface area contributed by atoms with Crippen LogP contribution < -0.4 is 4.74 Å². The molecule has 0 saturated carbocycles. The molecule has 0 unspecified atom stereocenters. The highest BCUT2D eigenvalue weighted by molar-refractivity contribution is 5.83. The monoisotopic (exact) mass is 261 g/mol. The van der Waals surface area contributed by atoms with Gasteiger partial charge in [-0.25, -0.2) is 14.5 Å². The van der Waals surface area contributed by atoms with Crippen LogP contribution in [0.1, 0.15) is 21.7 Å². The summed E-state index contributed by atoms with van der Waals surface area (Å²) >= 11 is 0. The number of aromatic nitrogens is 3. The van der Waals surface area contributed by atoms with E-state index in [0.717, 1.165) is 22.4 Å². The number of nitrogens with zero attached hydrogens (tertiary/aromatic N) is 3. The van der Waals surface area contributed by atoms with Gasteiger partial charge in [0.2, 0.25) is 0 Å². The molecule has 0 amide bonds. The predicted octanol–water partition coefficient (Wildman–Crippen LogP) is 1.81. The SMILES string of the molecule is COc1c(C)cc(-c2nc(C(=O)O)nn2C)cc1C. The third-order valence-electron chi connectivity index (χ3n) is 2.88. The first kappa shape index (κ1) is 13.1. The topological polar surface area (TPSA) is 77.2 Å². The summed E-state index contributed by atoms with van der Waals surface area (Å²) in [5, 5.41) is 12.8. The summed E-state index contributed by atoms with van der Waals surface area (Å²) in [6.45, 7) is 3.87. The van der Waals surface area contributed by atoms with Gasteiger partial charge in [-0.2, -0.15) is 0 Å². The zero-order valence-corrected chi connectivity index (χ0v) is 11.3. The van der Waals surface area contributed by atoms with E-state index in [1.807, 2.05) is 26.0 Å². The summed E-state index contributed by atoms with van der Waals surface area (Å²) in [4.78, 5) is 14.9. The fourth-order valence-corrected chi connectivity index (χ4v) is 2.13. The molecule has 0 radical (unpaired) electrons. The molecule has 0 atom stereocenters. The fraction of sp³-hybridized carbons (Fsp3) is 0.308. The molecule has 1 N–H and O–H groups in total. The number of benzene rings is 1. The molecule has 1 heterocycles. The Hall–Kier alpha value is -2.37. The number of aryl methyl sites for hydroxylation is 3. The van der Waals surface area contributed by atoms with Gasteiger partial charge < -0.3 is 9.84 Å². The number of carboxylic acids is 1. The molecule has 2 aromatic rings. The lowest BCUT2D eigenvalue weighted by Gasteiger charge is -2.10. The molecule has 100 valence electrons. The number of carboxylic acid groups (broad SMARTS) is 1. The van der Waals surface area contributed by atoms with Gasteiger partial charge in [-0.3, -0.25) is 0 Å². The van der Waals surface area contributed by atoms with Gasteiger partial charge in [-0.05, 0) is 37.1 Å². The highest BCUT2D eigenvalue weighted by atomic mass is 16.5. The average Bonchev–Trinajstić information content (AvgIpc) is 2.71. The van der Waals surface area contributed by atoms with E-state index in [-0.39, 0.29) is 5.82 Å². The van der Waals surface area contributed by atoms with Crippen molar-refractivity contribution in [1.82, 2.24) is 14.8 Å². The molecule has 0 spiro atoms. The Bertz CT molecular complexity index is 624. The van der Waals surface area contributed by atoms with Crippen LogP contribution in [0.3, 0.4) is 0 Å². The van der Waals surface area contributed by atoms with E-state index in [9.17, 15) is 4.79 Å². The highest BCUT2D eigenvalue weighted by Gasteiger charge is 2.16. The van der Waals surface area contributed by atoms with Crippen molar-refractivity contribution >= 4 is 5.97 Å². The van der Waals surface area contributed by atoms with E-state index < -0.39 is 5.97 Å². The Morgan fingerprint density at radius 2 is 1.89 bits per heavy atom. The standard InChI is InChI=1S/C13H15N3O3/c1-7-5-9(6-8(2)10(7)19-4)12-14-11(13(17)18)15-16(12)3/h5-6H,1-4H3,(H,17,18). The Morgan fingerprint density at radius 3 is 2.32 bits per heavy atom. The lowest BCUT2D eigenvalue weighted by atomic mass is 10.1. The third kappa shape index (κ3) is 2.29. The Kier molecular flexibility index (Phi) is 3.25. The summed E-state index contributed by atoms with van der Waals surface area (Å²) in [5.41, 5.74) is 2.76. The maximum Gasteiger partial charge on any atom is 0.375 e. The van der Waals surface area contributed by atoms with Crippen molar-refractivity contribution < 1.29 is 14.6 Å². The Labute approximate surface area is 110 Å². The molecular formula is C13H15N3O3. The molecule has 0 aliphatic carbocycles. The summed E-state index contributed by atoms with van der Waals surface area (Å²) in [7, 11) is 3.30. The average molecular weight is 261 g/mol. The summed E-state index contributed by atoms with van der Waals surface area (Å²) < 4.78 is 6.77. The van der Waals surface area contributed by atoms with Crippen molar-refractivity contribution in [3.8, 4) is 17.1 Å². The first-order valence-electron chi connectivity index (χ1n) is 5.74. The van der Waals surface area contributed by atoms with Crippen LogP contribution in [0, 0.1) is 13.8 Å². The maximum absolute atomic E-state index is 10.9. The molecule has 6 heteroatoms. The second kappa shape index (κ2) is 4.72. The minimum atomic E-state index is -1.14. The zero-order valence-electron chi connectivity index (χ0n) is 11.3. The van der Waals surface area contributed by atoms with Gasteiger partial charge in [0.25, 0.3) is 5.82 Å². The molecule has 1 aromatic heterocycles. The fourth-order valence-electron chi connectivity index (χ4n) is 2.13. The lowest BCUT2D eigenvalue weighted by Crippen LogP contribution is -2.00. The second-order valence-electron chi connectivity index (χ2n) is 4.33. The van der Waals surface area contributed by atoms with Gasteiger partial charge in [0.05, 0.1) is 7.11 Å². The van der Waals surface area contributed by atoms with E-state index in [2.05, 4.69) is 10.1 Å². The van der Waals surface area contributed by atoms with Gasteiger partial charge in [-0.1, -0.05) is 0 Å². The highest BCUT2D eigenvalue weighted by Crippen LogP contribution is 2.28. The molecule has 1 aromatic carbocycles. The van der Waals surface area contributed by atoms with Crippen LogP contribution in [0.25, 0.3) is 11.4 Å². The maximum atomic E-state index is 10.9. The van der Waals surface area contributed by atoms with E-state index in [1.54, 1.807) is 14.2 Å². The number of aromatic carboxylic acids is 1. The Balaban J connectivity index is 2.56. The number of rotatable bonds is 3. The summed E-state index contributed by atoms with van der Waals surface area (Å²) in [6.07, 6.45) is 0. The largest absolute Gasteiger partial charge is 0.496 e. The van der Waals surface area contributed by atoms with Crippen molar-refractivity contribution in [2.45, 2.75) is 13.8 Å². The minimum absolute atomic E-state index is 0.205. The first-order chi connectivity index (χ1) is 8.93. The molecule has 0 saturated heterocycles. The van der Waals surface area contributed by atoms with Crippen LogP contribution in [0.5, 0.6) is 5.75 Å². The molecular weight excluding hydrogens is 246 g/mol. The number of methoxy groups -OCH3 is 1. The molecule has 19 heavy (non-hydrogen) atoms. The number of hydrogen-bond donors (Lipinski definition) is 1. The Morgan fingerprint density at radius 1 is 1.32 bits per heavy atom. The van der Waals surface area contributed by atoms with Crippen molar-refractivity contribution in [3.63, 3.8) is 0 Å². The van der Waals surface area contributed by atoms with Gasteiger partial charge in [0.1, 0.15) is 5.75 Å². The molecule has 6 nitrogen and oxygen atoms in total. The van der Waals surface area contributed by atoms with Crippen LogP contribution >= 0.6 is 0 Å². The van der Waals surface area contributed by atoms with Gasteiger partial charge in [0.15, 0.2) is 5.82 Å². The summed E-state index contributed by atoms with van der Waals surface area (Å²) in [6, 6.07) is 3.81. The van der Waals surface area contributed by atoms with Crippen LogP contribution in [0.2, 0.25) is 0 Å². The van der Waals surface area contributed by atoms with Crippen LogP contribution in [0.4, 0.5) is 0 Å². The normalized spacial score (nSPS) is 10.5. The van der Waals surface area contributed by atoms with Crippen molar-refractivity contribution in [1.29, 1.82) is 0 Å². The van der Waals surface area contributed by atoms with E-state index in [1.165, 1.54) is 4.68 Å². The van der Waals surface area contributed by atoms with Gasteiger partial charge in [-0.15, -0.1) is 5.10 Å². The number of hydrogen-bond acceptors (Lipinski definition) is 4. The van der Waals surface area contributed by atoms with Crippen molar-refractivity contribution in [3.05, 3.63) is 29.1 Å². The van der Waals surface area contributed by atoms with Gasteiger partial charge >= 0.3 is 5.97 Å². The predicted molar refractivity (Wildman–Crippen MR) is 69.4 cm³/mol. The van der Waals surface area contributed by atoms with Crippen LogP contribution in [-0.2, 0) is 7.05 Å². The smallest absolute Gasteiger partial charge is 0.375 e. The number of carbonyl (C=O) groups is 1.